The Morgan fingerprint density at radius 1 is 1.06 bits per heavy atom. The highest BCUT2D eigenvalue weighted by Gasteiger charge is 2.29. The number of nitrogens with one attached hydrogen (secondary N) is 1. The molecule has 10 heteroatoms. The minimum atomic E-state index is -3.55. The number of carbonyl (C=O) groups excluding carboxylic acids is 1. The number of nitrogens with zero attached hydrogens (tertiary/aromatic N) is 3. The molecule has 1 aromatic carbocycles. The molecule has 1 amide bonds. The van der Waals surface area contributed by atoms with Gasteiger partial charge >= 0.3 is 0 Å². The van der Waals surface area contributed by atoms with Gasteiger partial charge in [-0.3, -0.25) is 9.69 Å². The van der Waals surface area contributed by atoms with Crippen LogP contribution in [0.15, 0.2) is 45.3 Å². The zero-order valence-electron chi connectivity index (χ0n) is 16.8. The summed E-state index contributed by atoms with van der Waals surface area (Å²) in [7, 11) is -3.55. The molecular weight excluding hydrogens is 452 g/mol. The number of aryl methyl sites for hydroxylation is 1. The number of fused-ring (bicyclic) bond motifs is 1. The highest BCUT2D eigenvalue weighted by Crippen LogP contribution is 2.28. The first-order valence-electron chi connectivity index (χ1n) is 10.1. The zero-order valence-corrected chi connectivity index (χ0v) is 19.2. The molecule has 2 aromatic heterocycles. The molecule has 5 rings (SSSR count). The molecule has 2 aliphatic rings. The third-order valence-electron chi connectivity index (χ3n) is 5.65. The molecule has 0 unspecified atom stereocenters. The number of carbonyl (C=O) groups is 1. The quantitative estimate of drug-likeness (QED) is 0.614. The SMILES string of the molecule is O=C1CCc2cc(S(=O)(=O)N3CCN(Cc4csc(-c5ccsc5)n4)CC3)ccc2N1. The van der Waals surface area contributed by atoms with Crippen molar-refractivity contribution >= 4 is 44.3 Å². The molecule has 1 saturated heterocycles. The smallest absolute Gasteiger partial charge is 0.243 e. The van der Waals surface area contributed by atoms with Crippen LogP contribution in [0, 0.1) is 0 Å². The second-order valence-electron chi connectivity index (χ2n) is 7.70. The number of hydrogen-bond donors (Lipinski definition) is 1. The van der Waals surface area contributed by atoms with Gasteiger partial charge in [-0.2, -0.15) is 15.6 Å². The largest absolute Gasteiger partial charge is 0.326 e. The monoisotopic (exact) mass is 474 g/mol. The summed E-state index contributed by atoms with van der Waals surface area (Å²) in [5.74, 6) is -0.0261. The van der Waals surface area contributed by atoms with E-state index in [1.165, 1.54) is 0 Å². The summed E-state index contributed by atoms with van der Waals surface area (Å²) in [6.07, 6.45) is 0.958. The molecule has 3 aromatic rings. The Kier molecular flexibility index (Phi) is 5.65. The molecule has 4 heterocycles. The highest BCUT2D eigenvalue weighted by molar-refractivity contribution is 7.89. The van der Waals surface area contributed by atoms with Crippen LogP contribution >= 0.6 is 22.7 Å². The van der Waals surface area contributed by atoms with Crippen molar-refractivity contribution in [3.8, 4) is 10.6 Å². The van der Waals surface area contributed by atoms with Crippen LogP contribution in [-0.4, -0.2) is 54.7 Å². The van der Waals surface area contributed by atoms with Crippen molar-refractivity contribution in [1.29, 1.82) is 0 Å². The van der Waals surface area contributed by atoms with Crippen LogP contribution in [0.4, 0.5) is 5.69 Å². The van der Waals surface area contributed by atoms with Gasteiger partial charge in [-0.25, -0.2) is 13.4 Å². The minimum absolute atomic E-state index is 0.0261. The maximum atomic E-state index is 13.1. The third kappa shape index (κ3) is 4.31. The topological polar surface area (TPSA) is 82.6 Å². The summed E-state index contributed by atoms with van der Waals surface area (Å²) in [5, 5.41) is 10.1. The molecule has 0 saturated carbocycles. The van der Waals surface area contributed by atoms with E-state index in [0.717, 1.165) is 28.4 Å². The molecule has 0 radical (unpaired) electrons. The summed E-state index contributed by atoms with van der Waals surface area (Å²) in [4.78, 5) is 18.8. The van der Waals surface area contributed by atoms with Gasteiger partial charge in [0.25, 0.3) is 0 Å². The van der Waals surface area contributed by atoms with Gasteiger partial charge in [0.15, 0.2) is 0 Å². The van der Waals surface area contributed by atoms with Crippen molar-refractivity contribution in [1.82, 2.24) is 14.2 Å². The zero-order chi connectivity index (χ0) is 21.4. The van der Waals surface area contributed by atoms with E-state index in [1.54, 1.807) is 45.2 Å². The van der Waals surface area contributed by atoms with Crippen LogP contribution < -0.4 is 5.32 Å². The lowest BCUT2D eigenvalue weighted by Crippen LogP contribution is -2.48. The maximum absolute atomic E-state index is 13.1. The van der Waals surface area contributed by atoms with Gasteiger partial charge in [-0.1, -0.05) is 0 Å². The van der Waals surface area contributed by atoms with Crippen molar-refractivity contribution < 1.29 is 13.2 Å². The van der Waals surface area contributed by atoms with Crippen LogP contribution in [0.1, 0.15) is 17.7 Å². The van der Waals surface area contributed by atoms with Gasteiger partial charge in [0.1, 0.15) is 5.01 Å². The number of piperazine rings is 1. The van der Waals surface area contributed by atoms with Crippen molar-refractivity contribution in [3.63, 3.8) is 0 Å². The number of anilines is 1. The van der Waals surface area contributed by atoms with Gasteiger partial charge in [-0.05, 0) is 41.6 Å². The van der Waals surface area contributed by atoms with E-state index in [4.69, 9.17) is 4.98 Å². The fourth-order valence-corrected chi connectivity index (χ4v) is 6.92. The summed E-state index contributed by atoms with van der Waals surface area (Å²) in [6, 6.07) is 7.07. The van der Waals surface area contributed by atoms with E-state index in [9.17, 15) is 13.2 Å². The molecule has 0 spiro atoms. The Morgan fingerprint density at radius 3 is 2.68 bits per heavy atom. The Hall–Kier alpha value is -2.11. The first-order valence-corrected chi connectivity index (χ1v) is 13.4. The van der Waals surface area contributed by atoms with Crippen molar-refractivity contribution in [3.05, 3.63) is 51.7 Å². The van der Waals surface area contributed by atoms with Crippen molar-refractivity contribution in [2.45, 2.75) is 24.3 Å². The van der Waals surface area contributed by atoms with E-state index in [0.29, 0.717) is 49.6 Å². The lowest BCUT2D eigenvalue weighted by atomic mass is 10.0. The molecule has 0 bridgehead atoms. The number of thiophene rings is 1. The van der Waals surface area contributed by atoms with Crippen LogP contribution in [-0.2, 0) is 27.8 Å². The van der Waals surface area contributed by atoms with E-state index >= 15 is 0 Å². The average Bonchev–Trinajstić information content (AvgIpc) is 3.46. The number of rotatable bonds is 5. The van der Waals surface area contributed by atoms with Crippen LogP contribution in [0.3, 0.4) is 0 Å². The molecule has 31 heavy (non-hydrogen) atoms. The second kappa shape index (κ2) is 8.44. The predicted molar refractivity (Wildman–Crippen MR) is 123 cm³/mol. The van der Waals surface area contributed by atoms with Gasteiger partial charge in [-0.15, -0.1) is 11.3 Å². The fourth-order valence-electron chi connectivity index (χ4n) is 3.92. The highest BCUT2D eigenvalue weighted by atomic mass is 32.2. The minimum Gasteiger partial charge on any atom is -0.326 e. The summed E-state index contributed by atoms with van der Waals surface area (Å²) >= 11 is 3.31. The number of amides is 1. The van der Waals surface area contributed by atoms with Crippen LogP contribution in [0.2, 0.25) is 0 Å². The lowest BCUT2D eigenvalue weighted by Gasteiger charge is -2.33. The normalized spacial score (nSPS) is 18.0. The number of hydrogen-bond acceptors (Lipinski definition) is 7. The Balaban J connectivity index is 1.22. The summed E-state index contributed by atoms with van der Waals surface area (Å²) in [5.41, 5.74) is 3.77. The molecule has 1 fully saturated rings. The number of aromatic nitrogens is 1. The number of thiazole rings is 1. The molecular formula is C21H22N4O3S3. The standard InChI is InChI=1S/C21H22N4O3S3/c26-20-4-1-15-11-18(2-3-19(15)23-20)31(27,28)25-8-6-24(7-9-25)12-17-14-30-21(22-17)16-5-10-29-13-16/h2-3,5,10-11,13-14H,1,4,6-9,12H2,(H,23,26). The Labute approximate surface area is 189 Å². The molecule has 7 nitrogen and oxygen atoms in total. The summed E-state index contributed by atoms with van der Waals surface area (Å²) < 4.78 is 27.9. The second-order valence-corrected chi connectivity index (χ2v) is 11.3. The fraction of sp³-hybridized carbons (Fsp3) is 0.333. The van der Waals surface area contributed by atoms with Crippen molar-refractivity contribution in [2.75, 3.05) is 31.5 Å². The van der Waals surface area contributed by atoms with Crippen LogP contribution in [0.25, 0.3) is 10.6 Å². The Bertz CT molecular complexity index is 1200. The Morgan fingerprint density at radius 2 is 1.90 bits per heavy atom. The van der Waals surface area contributed by atoms with Gasteiger partial charge in [0, 0.05) is 61.2 Å². The molecule has 1 N–H and O–H groups in total. The van der Waals surface area contributed by atoms with E-state index in [2.05, 4.69) is 32.4 Å². The average molecular weight is 475 g/mol. The molecule has 0 atom stereocenters. The third-order valence-corrected chi connectivity index (χ3v) is 9.16. The van der Waals surface area contributed by atoms with E-state index < -0.39 is 10.0 Å². The van der Waals surface area contributed by atoms with E-state index in [1.807, 2.05) is 0 Å². The lowest BCUT2D eigenvalue weighted by molar-refractivity contribution is -0.116. The predicted octanol–water partition coefficient (Wildman–Crippen LogP) is 3.26. The van der Waals surface area contributed by atoms with Crippen molar-refractivity contribution in [2.24, 2.45) is 0 Å². The number of sulfonamides is 1. The van der Waals surface area contributed by atoms with E-state index in [-0.39, 0.29) is 5.91 Å². The first kappa shape index (κ1) is 20.8. The number of benzene rings is 1. The summed E-state index contributed by atoms with van der Waals surface area (Å²) in [6.45, 7) is 2.99. The van der Waals surface area contributed by atoms with Gasteiger partial charge in [0.05, 0.1) is 10.6 Å². The molecule has 162 valence electrons. The van der Waals surface area contributed by atoms with Gasteiger partial charge in [0.2, 0.25) is 15.9 Å². The molecule has 0 aliphatic carbocycles. The first-order chi connectivity index (χ1) is 15.0. The maximum Gasteiger partial charge on any atom is 0.243 e. The van der Waals surface area contributed by atoms with Crippen LogP contribution in [0.5, 0.6) is 0 Å². The molecule has 2 aliphatic heterocycles. The van der Waals surface area contributed by atoms with Gasteiger partial charge < -0.3 is 5.32 Å².